The fraction of sp³-hybridized carbons (Fsp3) is 0.545. The Balaban J connectivity index is 1.79. The highest BCUT2D eigenvalue weighted by Gasteiger charge is 2.15. The smallest absolute Gasteiger partial charge is 0.252 e. The Hall–Kier alpha value is -0.140. The van der Waals surface area contributed by atoms with Crippen molar-refractivity contribution in [3.63, 3.8) is 0 Å². The van der Waals surface area contributed by atoms with Gasteiger partial charge >= 0.3 is 0 Å². The minimum Gasteiger partial charge on any atom is -0.381 e. The molecule has 0 aliphatic carbocycles. The Morgan fingerprint density at radius 1 is 1.69 bits per heavy atom. The van der Waals surface area contributed by atoms with E-state index in [1.807, 2.05) is 11.4 Å². The second kappa shape index (κ2) is 5.97. The summed E-state index contributed by atoms with van der Waals surface area (Å²) in [6.45, 7) is 2.37. The van der Waals surface area contributed by atoms with Gasteiger partial charge in [0.05, 0.1) is 15.1 Å². The number of rotatable bonds is 3. The molecule has 5 heteroatoms. The Labute approximate surface area is 113 Å². The molecule has 1 saturated heterocycles. The van der Waals surface area contributed by atoms with Gasteiger partial charge in [-0.25, -0.2) is 0 Å². The van der Waals surface area contributed by atoms with E-state index < -0.39 is 0 Å². The Morgan fingerprint density at radius 2 is 2.56 bits per heavy atom. The molecule has 3 nitrogen and oxygen atoms in total. The molecular weight excluding hydrogens is 337 g/mol. The highest BCUT2D eigenvalue weighted by molar-refractivity contribution is 14.1. The van der Waals surface area contributed by atoms with Crippen LogP contribution in [-0.2, 0) is 4.74 Å². The van der Waals surface area contributed by atoms with Gasteiger partial charge in [-0.1, -0.05) is 0 Å². The summed E-state index contributed by atoms with van der Waals surface area (Å²) >= 11 is 3.82. The van der Waals surface area contributed by atoms with Gasteiger partial charge < -0.3 is 10.1 Å². The Kier molecular flexibility index (Phi) is 4.60. The van der Waals surface area contributed by atoms with Crippen molar-refractivity contribution < 1.29 is 9.53 Å². The standard InChI is InChI=1S/C11H14INO2S/c12-10-4-9(7-16-10)11(14)13-5-8-2-1-3-15-6-8/h4,7-8H,1-3,5-6H2,(H,13,14). The predicted octanol–water partition coefficient (Wildman–Crippen LogP) is 2.51. The number of carbonyl (C=O) groups excluding carboxylic acids is 1. The second-order valence-electron chi connectivity index (χ2n) is 3.93. The molecule has 1 aromatic heterocycles. The van der Waals surface area contributed by atoms with Crippen molar-refractivity contribution in [1.29, 1.82) is 0 Å². The fourth-order valence-electron chi connectivity index (χ4n) is 1.74. The molecule has 1 amide bonds. The molecule has 2 heterocycles. The van der Waals surface area contributed by atoms with Gasteiger partial charge in [0.25, 0.3) is 5.91 Å². The average Bonchev–Trinajstić information content (AvgIpc) is 2.74. The van der Waals surface area contributed by atoms with Gasteiger partial charge in [-0.05, 0) is 47.4 Å². The van der Waals surface area contributed by atoms with E-state index >= 15 is 0 Å². The first-order valence-electron chi connectivity index (χ1n) is 5.35. The highest BCUT2D eigenvalue weighted by Crippen LogP contribution is 2.17. The van der Waals surface area contributed by atoms with Crippen LogP contribution in [0.15, 0.2) is 11.4 Å². The summed E-state index contributed by atoms with van der Waals surface area (Å²) < 4.78 is 6.52. The third-order valence-electron chi connectivity index (χ3n) is 2.64. The zero-order chi connectivity index (χ0) is 11.4. The van der Waals surface area contributed by atoms with Crippen molar-refractivity contribution in [3.05, 3.63) is 19.9 Å². The average molecular weight is 351 g/mol. The normalized spacial score (nSPS) is 20.7. The second-order valence-corrected chi connectivity index (χ2v) is 6.74. The zero-order valence-corrected chi connectivity index (χ0v) is 11.8. The van der Waals surface area contributed by atoms with Crippen LogP contribution >= 0.6 is 33.9 Å². The summed E-state index contributed by atoms with van der Waals surface area (Å²) in [7, 11) is 0. The lowest BCUT2D eigenvalue weighted by Crippen LogP contribution is -2.33. The topological polar surface area (TPSA) is 38.3 Å². The van der Waals surface area contributed by atoms with Gasteiger partial charge in [0.1, 0.15) is 0 Å². The predicted molar refractivity (Wildman–Crippen MR) is 72.9 cm³/mol. The molecule has 1 fully saturated rings. The van der Waals surface area contributed by atoms with Crippen molar-refractivity contribution in [2.45, 2.75) is 12.8 Å². The summed E-state index contributed by atoms with van der Waals surface area (Å²) in [6.07, 6.45) is 2.26. The lowest BCUT2D eigenvalue weighted by Gasteiger charge is -2.22. The molecule has 1 aromatic rings. The molecule has 2 rings (SSSR count). The quantitative estimate of drug-likeness (QED) is 0.850. The Bertz CT molecular complexity index is 361. The third-order valence-corrected chi connectivity index (χ3v) is 4.42. The van der Waals surface area contributed by atoms with Gasteiger partial charge in [0, 0.05) is 18.5 Å². The minimum absolute atomic E-state index is 0.0322. The number of ether oxygens (including phenoxy) is 1. The summed E-state index contributed by atoms with van der Waals surface area (Å²) in [5.74, 6) is 0.514. The van der Waals surface area contributed by atoms with E-state index in [1.165, 1.54) is 0 Å². The monoisotopic (exact) mass is 351 g/mol. The third kappa shape index (κ3) is 3.43. The molecule has 0 saturated carbocycles. The van der Waals surface area contributed by atoms with Crippen molar-refractivity contribution in [3.8, 4) is 0 Å². The number of hydrogen-bond donors (Lipinski definition) is 1. The molecule has 0 radical (unpaired) electrons. The van der Waals surface area contributed by atoms with E-state index in [9.17, 15) is 4.79 Å². The van der Waals surface area contributed by atoms with Crippen LogP contribution in [0.2, 0.25) is 0 Å². The van der Waals surface area contributed by atoms with Crippen LogP contribution in [-0.4, -0.2) is 25.7 Å². The number of halogens is 1. The van der Waals surface area contributed by atoms with Crippen molar-refractivity contribution in [1.82, 2.24) is 5.32 Å². The van der Waals surface area contributed by atoms with E-state index in [-0.39, 0.29) is 5.91 Å². The van der Waals surface area contributed by atoms with Crippen LogP contribution in [0.1, 0.15) is 23.2 Å². The van der Waals surface area contributed by atoms with Crippen molar-refractivity contribution >= 4 is 39.8 Å². The maximum atomic E-state index is 11.8. The summed E-state index contributed by atoms with van der Waals surface area (Å²) in [6, 6.07) is 1.91. The Morgan fingerprint density at radius 3 is 3.19 bits per heavy atom. The van der Waals surface area contributed by atoms with Crippen molar-refractivity contribution in [2.75, 3.05) is 19.8 Å². The maximum absolute atomic E-state index is 11.8. The van der Waals surface area contributed by atoms with E-state index in [0.29, 0.717) is 5.92 Å². The SMILES string of the molecule is O=C(NCC1CCCOC1)c1csc(I)c1. The first-order valence-corrected chi connectivity index (χ1v) is 7.31. The first-order chi connectivity index (χ1) is 7.75. The number of thiophene rings is 1. The number of hydrogen-bond acceptors (Lipinski definition) is 3. The molecule has 0 bridgehead atoms. The van der Waals surface area contributed by atoms with Crippen LogP contribution in [0.4, 0.5) is 0 Å². The van der Waals surface area contributed by atoms with Crippen LogP contribution in [0.5, 0.6) is 0 Å². The van der Waals surface area contributed by atoms with Crippen LogP contribution in [0.25, 0.3) is 0 Å². The van der Waals surface area contributed by atoms with Crippen molar-refractivity contribution in [2.24, 2.45) is 5.92 Å². The molecule has 1 N–H and O–H groups in total. The van der Waals surface area contributed by atoms with Gasteiger partial charge in [-0.2, -0.15) is 0 Å². The van der Waals surface area contributed by atoms with Gasteiger partial charge in [0.15, 0.2) is 0 Å². The molecule has 1 atom stereocenters. The minimum atomic E-state index is 0.0322. The molecule has 1 aliphatic rings. The molecule has 88 valence electrons. The lowest BCUT2D eigenvalue weighted by molar-refractivity contribution is 0.0536. The van der Waals surface area contributed by atoms with E-state index in [4.69, 9.17) is 4.74 Å². The van der Waals surface area contributed by atoms with Crippen LogP contribution in [0.3, 0.4) is 0 Å². The molecule has 0 spiro atoms. The summed E-state index contributed by atoms with van der Waals surface area (Å²) in [4.78, 5) is 11.8. The molecule has 0 aromatic carbocycles. The lowest BCUT2D eigenvalue weighted by atomic mass is 10.0. The highest BCUT2D eigenvalue weighted by atomic mass is 127. The molecule has 16 heavy (non-hydrogen) atoms. The number of amides is 1. The summed E-state index contributed by atoms with van der Waals surface area (Å²) in [5, 5.41) is 4.86. The number of nitrogens with one attached hydrogen (secondary N) is 1. The largest absolute Gasteiger partial charge is 0.381 e. The van der Waals surface area contributed by atoms with Gasteiger partial charge in [-0.3, -0.25) is 4.79 Å². The van der Waals surface area contributed by atoms with E-state index in [1.54, 1.807) is 11.3 Å². The molecule has 1 unspecified atom stereocenters. The summed E-state index contributed by atoms with van der Waals surface area (Å²) in [5.41, 5.74) is 0.770. The van der Waals surface area contributed by atoms with Crippen LogP contribution in [0, 0.1) is 8.80 Å². The fourth-order valence-corrected chi connectivity index (χ4v) is 3.06. The zero-order valence-electron chi connectivity index (χ0n) is 8.87. The maximum Gasteiger partial charge on any atom is 0.252 e. The molecular formula is C11H14INO2S. The first kappa shape index (κ1) is 12.3. The van der Waals surface area contributed by atoms with Crippen LogP contribution < -0.4 is 5.32 Å². The van der Waals surface area contributed by atoms with E-state index in [0.717, 1.165) is 41.0 Å². The van der Waals surface area contributed by atoms with E-state index in [2.05, 4.69) is 27.9 Å². The van der Waals surface area contributed by atoms with Gasteiger partial charge in [0.2, 0.25) is 0 Å². The van der Waals surface area contributed by atoms with Gasteiger partial charge in [-0.15, -0.1) is 11.3 Å². The number of carbonyl (C=O) groups is 1. The molecule has 1 aliphatic heterocycles.